The van der Waals surface area contributed by atoms with E-state index in [0.29, 0.717) is 19.7 Å². The van der Waals surface area contributed by atoms with E-state index in [2.05, 4.69) is 21.2 Å². The van der Waals surface area contributed by atoms with E-state index in [1.165, 1.54) is 0 Å². The standard InChI is InChI=1S/C20H26BrNO3/c1-4-24-19-11-15(10-17(21)20(19)25-14(2)3)12-22-13-18(23)16-8-6-5-7-9-16/h5-11,14,18,22-23H,4,12-13H2,1-3H3. The predicted molar refractivity (Wildman–Crippen MR) is 104 cm³/mol. The van der Waals surface area contributed by atoms with E-state index in [-0.39, 0.29) is 6.10 Å². The van der Waals surface area contributed by atoms with Gasteiger partial charge in [0.2, 0.25) is 0 Å². The third-order valence-electron chi connectivity index (χ3n) is 3.57. The average molecular weight is 408 g/mol. The molecular formula is C20H26BrNO3. The van der Waals surface area contributed by atoms with Crippen molar-refractivity contribution >= 4 is 15.9 Å². The molecule has 25 heavy (non-hydrogen) atoms. The Hall–Kier alpha value is -1.56. The Labute approximate surface area is 158 Å². The zero-order valence-corrected chi connectivity index (χ0v) is 16.5. The molecule has 1 atom stereocenters. The van der Waals surface area contributed by atoms with Gasteiger partial charge in [-0.2, -0.15) is 0 Å². The van der Waals surface area contributed by atoms with Gasteiger partial charge in [0.1, 0.15) is 0 Å². The second-order valence-corrected chi connectivity index (χ2v) is 6.92. The van der Waals surface area contributed by atoms with Crippen molar-refractivity contribution in [2.75, 3.05) is 13.2 Å². The number of halogens is 1. The lowest BCUT2D eigenvalue weighted by Gasteiger charge is -2.18. The summed E-state index contributed by atoms with van der Waals surface area (Å²) in [6, 6.07) is 13.6. The monoisotopic (exact) mass is 407 g/mol. The van der Waals surface area contributed by atoms with Crippen LogP contribution in [0.1, 0.15) is 38.0 Å². The number of benzene rings is 2. The number of hydrogen-bond acceptors (Lipinski definition) is 4. The summed E-state index contributed by atoms with van der Waals surface area (Å²) in [7, 11) is 0. The van der Waals surface area contributed by atoms with Gasteiger partial charge in [-0.15, -0.1) is 0 Å². The number of aliphatic hydroxyl groups excluding tert-OH is 1. The Bertz CT molecular complexity index is 661. The number of hydrogen-bond donors (Lipinski definition) is 2. The maximum Gasteiger partial charge on any atom is 0.175 e. The van der Waals surface area contributed by atoms with Crippen molar-refractivity contribution in [2.24, 2.45) is 0 Å². The second kappa shape index (κ2) is 9.80. The summed E-state index contributed by atoms with van der Waals surface area (Å²) in [6.45, 7) is 7.62. The average Bonchev–Trinajstić information content (AvgIpc) is 2.58. The lowest BCUT2D eigenvalue weighted by molar-refractivity contribution is 0.174. The van der Waals surface area contributed by atoms with Crippen LogP contribution in [-0.2, 0) is 6.54 Å². The van der Waals surface area contributed by atoms with Gasteiger partial charge in [0.15, 0.2) is 11.5 Å². The van der Waals surface area contributed by atoms with Crippen LogP contribution in [0.3, 0.4) is 0 Å². The molecule has 1 unspecified atom stereocenters. The first-order valence-electron chi connectivity index (χ1n) is 8.56. The molecule has 0 amide bonds. The van der Waals surface area contributed by atoms with Gasteiger partial charge < -0.3 is 19.9 Å². The SMILES string of the molecule is CCOc1cc(CNCC(O)c2ccccc2)cc(Br)c1OC(C)C. The van der Waals surface area contributed by atoms with Crippen molar-refractivity contribution in [1.82, 2.24) is 5.32 Å². The summed E-state index contributed by atoms with van der Waals surface area (Å²) in [5, 5.41) is 13.5. The molecule has 2 rings (SSSR count). The van der Waals surface area contributed by atoms with Gasteiger partial charge in [-0.25, -0.2) is 0 Å². The van der Waals surface area contributed by atoms with Crippen molar-refractivity contribution in [3.05, 3.63) is 58.1 Å². The molecule has 136 valence electrons. The van der Waals surface area contributed by atoms with Gasteiger partial charge in [-0.3, -0.25) is 0 Å². The van der Waals surface area contributed by atoms with E-state index in [9.17, 15) is 5.11 Å². The Kier molecular flexibility index (Phi) is 7.75. The minimum Gasteiger partial charge on any atom is -0.490 e. The summed E-state index contributed by atoms with van der Waals surface area (Å²) in [4.78, 5) is 0. The molecule has 0 aromatic heterocycles. The van der Waals surface area contributed by atoms with Crippen LogP contribution in [0.4, 0.5) is 0 Å². The summed E-state index contributed by atoms with van der Waals surface area (Å²) in [5.74, 6) is 1.45. The van der Waals surface area contributed by atoms with Crippen LogP contribution in [0.25, 0.3) is 0 Å². The van der Waals surface area contributed by atoms with Crippen LogP contribution in [-0.4, -0.2) is 24.4 Å². The summed E-state index contributed by atoms with van der Waals surface area (Å²) in [6.07, 6.45) is -0.458. The normalized spacial score (nSPS) is 12.2. The second-order valence-electron chi connectivity index (χ2n) is 6.06. The largest absolute Gasteiger partial charge is 0.490 e. The van der Waals surface area contributed by atoms with Crippen LogP contribution in [0.2, 0.25) is 0 Å². The van der Waals surface area contributed by atoms with Crippen LogP contribution in [0.5, 0.6) is 11.5 Å². The third kappa shape index (κ3) is 6.03. The quantitative estimate of drug-likeness (QED) is 0.644. The molecule has 5 heteroatoms. The molecule has 2 N–H and O–H groups in total. The zero-order valence-electron chi connectivity index (χ0n) is 15.0. The highest BCUT2D eigenvalue weighted by molar-refractivity contribution is 9.10. The molecule has 0 radical (unpaired) electrons. The topological polar surface area (TPSA) is 50.7 Å². The number of rotatable bonds is 9. The molecule has 0 bridgehead atoms. The van der Waals surface area contributed by atoms with E-state index in [4.69, 9.17) is 9.47 Å². The van der Waals surface area contributed by atoms with Gasteiger partial charge in [0.05, 0.1) is 23.3 Å². The summed E-state index contributed by atoms with van der Waals surface area (Å²) >= 11 is 3.57. The van der Waals surface area contributed by atoms with Crippen LogP contribution in [0, 0.1) is 0 Å². The molecule has 0 saturated heterocycles. The highest BCUT2D eigenvalue weighted by Crippen LogP contribution is 2.37. The van der Waals surface area contributed by atoms with E-state index in [0.717, 1.165) is 27.1 Å². The fraction of sp³-hybridized carbons (Fsp3) is 0.400. The van der Waals surface area contributed by atoms with Crippen molar-refractivity contribution in [3.8, 4) is 11.5 Å². The molecule has 2 aromatic carbocycles. The van der Waals surface area contributed by atoms with Crippen molar-refractivity contribution in [2.45, 2.75) is 39.5 Å². The van der Waals surface area contributed by atoms with E-state index in [1.54, 1.807) is 0 Å². The Balaban J connectivity index is 2.02. The van der Waals surface area contributed by atoms with Crippen LogP contribution < -0.4 is 14.8 Å². The molecule has 0 saturated carbocycles. The first-order valence-corrected chi connectivity index (χ1v) is 9.36. The number of aliphatic hydroxyl groups is 1. The Morgan fingerprint density at radius 1 is 1.16 bits per heavy atom. The lowest BCUT2D eigenvalue weighted by Crippen LogP contribution is -2.21. The first-order chi connectivity index (χ1) is 12.0. The fourth-order valence-corrected chi connectivity index (χ4v) is 3.07. The molecular weight excluding hydrogens is 382 g/mol. The van der Waals surface area contributed by atoms with Crippen LogP contribution in [0.15, 0.2) is 46.9 Å². The number of nitrogens with one attached hydrogen (secondary N) is 1. The molecule has 0 fully saturated rings. The number of ether oxygens (including phenoxy) is 2. The maximum absolute atomic E-state index is 10.2. The van der Waals surface area contributed by atoms with Gasteiger partial charge >= 0.3 is 0 Å². The van der Waals surface area contributed by atoms with Gasteiger partial charge in [0, 0.05) is 13.1 Å². The van der Waals surface area contributed by atoms with Crippen molar-refractivity contribution in [3.63, 3.8) is 0 Å². The minimum absolute atomic E-state index is 0.0699. The molecule has 0 spiro atoms. The molecule has 0 aliphatic carbocycles. The highest BCUT2D eigenvalue weighted by atomic mass is 79.9. The Morgan fingerprint density at radius 3 is 2.52 bits per heavy atom. The van der Waals surface area contributed by atoms with Gasteiger partial charge in [-0.05, 0) is 60.0 Å². The van der Waals surface area contributed by atoms with Crippen molar-refractivity contribution < 1.29 is 14.6 Å². The van der Waals surface area contributed by atoms with E-state index in [1.807, 2.05) is 63.2 Å². The lowest BCUT2D eigenvalue weighted by atomic mass is 10.1. The smallest absolute Gasteiger partial charge is 0.175 e. The molecule has 0 aliphatic heterocycles. The van der Waals surface area contributed by atoms with E-state index < -0.39 is 6.10 Å². The Morgan fingerprint density at radius 2 is 1.88 bits per heavy atom. The summed E-state index contributed by atoms with van der Waals surface area (Å²) < 4.78 is 12.4. The highest BCUT2D eigenvalue weighted by Gasteiger charge is 2.14. The van der Waals surface area contributed by atoms with Crippen LogP contribution >= 0.6 is 15.9 Å². The third-order valence-corrected chi connectivity index (χ3v) is 4.16. The molecule has 2 aromatic rings. The molecule has 0 heterocycles. The molecule has 4 nitrogen and oxygen atoms in total. The minimum atomic E-state index is -0.528. The van der Waals surface area contributed by atoms with Gasteiger partial charge in [0.25, 0.3) is 0 Å². The van der Waals surface area contributed by atoms with Gasteiger partial charge in [-0.1, -0.05) is 30.3 Å². The fourth-order valence-electron chi connectivity index (χ4n) is 2.48. The summed E-state index contributed by atoms with van der Waals surface area (Å²) in [5.41, 5.74) is 1.97. The maximum atomic E-state index is 10.2. The first kappa shape index (κ1) is 19.8. The van der Waals surface area contributed by atoms with Crippen molar-refractivity contribution in [1.29, 1.82) is 0 Å². The van der Waals surface area contributed by atoms with E-state index >= 15 is 0 Å². The zero-order chi connectivity index (χ0) is 18.2. The predicted octanol–water partition coefficient (Wildman–Crippen LogP) is 4.46. The molecule has 0 aliphatic rings.